The fraction of sp³-hybridized carbons (Fsp3) is 0.474. The summed E-state index contributed by atoms with van der Waals surface area (Å²) >= 11 is 1.73. The minimum absolute atomic E-state index is 0.437. The second-order valence-corrected chi connectivity index (χ2v) is 7.87. The highest BCUT2D eigenvalue weighted by Gasteiger charge is 2.23. The predicted molar refractivity (Wildman–Crippen MR) is 103 cm³/mol. The number of rotatable bonds is 5. The lowest BCUT2D eigenvalue weighted by Crippen LogP contribution is -2.32. The van der Waals surface area contributed by atoms with E-state index >= 15 is 0 Å². The van der Waals surface area contributed by atoms with Crippen molar-refractivity contribution in [3.05, 3.63) is 46.4 Å². The van der Waals surface area contributed by atoms with Gasteiger partial charge in [0.25, 0.3) is 0 Å². The molecule has 26 heavy (non-hydrogen) atoms. The zero-order valence-corrected chi connectivity index (χ0v) is 16.1. The van der Waals surface area contributed by atoms with Gasteiger partial charge in [-0.2, -0.15) is 5.10 Å². The van der Waals surface area contributed by atoms with Crippen LogP contribution in [0, 0.1) is 6.92 Å². The van der Waals surface area contributed by atoms with Crippen LogP contribution in [0.5, 0.6) is 0 Å². The van der Waals surface area contributed by atoms with Gasteiger partial charge in [-0.1, -0.05) is 0 Å². The lowest BCUT2D eigenvalue weighted by molar-refractivity contribution is 0.209. The average Bonchev–Trinajstić information content (AvgIpc) is 3.27. The molecule has 0 aromatic carbocycles. The molecular weight excluding hydrogens is 344 g/mol. The number of pyridine rings is 1. The predicted octanol–water partition coefficient (Wildman–Crippen LogP) is 3.16. The number of nitrogens with zero attached hydrogens (tertiary/aromatic N) is 6. The van der Waals surface area contributed by atoms with E-state index in [1.807, 2.05) is 17.6 Å². The highest BCUT2D eigenvalue weighted by Crippen LogP contribution is 2.26. The maximum atomic E-state index is 4.90. The molecule has 136 valence electrons. The van der Waals surface area contributed by atoms with E-state index in [2.05, 4.69) is 33.5 Å². The van der Waals surface area contributed by atoms with Crippen molar-refractivity contribution >= 4 is 11.3 Å². The topological polar surface area (TPSA) is 59.7 Å². The van der Waals surface area contributed by atoms with E-state index in [1.165, 1.54) is 4.88 Å². The highest BCUT2D eigenvalue weighted by atomic mass is 32.1. The molecule has 0 atom stereocenters. The molecule has 0 aliphatic carbocycles. The minimum Gasteiger partial charge on any atom is -0.306 e. The van der Waals surface area contributed by atoms with Crippen molar-refractivity contribution in [2.75, 3.05) is 20.1 Å². The Balaban J connectivity index is 1.61. The average molecular weight is 369 g/mol. The molecule has 0 saturated carbocycles. The monoisotopic (exact) mass is 368 g/mol. The summed E-state index contributed by atoms with van der Waals surface area (Å²) in [5.74, 6) is 1.89. The fourth-order valence-corrected chi connectivity index (χ4v) is 4.25. The fourth-order valence-electron chi connectivity index (χ4n) is 3.47. The lowest BCUT2D eigenvalue weighted by Gasteiger charge is -2.29. The molecule has 1 fully saturated rings. The zero-order chi connectivity index (χ0) is 17.9. The quantitative estimate of drug-likeness (QED) is 0.692. The van der Waals surface area contributed by atoms with Crippen LogP contribution in [0.1, 0.15) is 35.3 Å². The van der Waals surface area contributed by atoms with Crippen LogP contribution < -0.4 is 0 Å². The summed E-state index contributed by atoms with van der Waals surface area (Å²) < 4.78 is 2.19. The first-order valence-corrected chi connectivity index (χ1v) is 10.0. The van der Waals surface area contributed by atoms with Crippen molar-refractivity contribution in [1.82, 2.24) is 29.6 Å². The van der Waals surface area contributed by atoms with Gasteiger partial charge in [-0.25, -0.2) is 14.6 Å². The summed E-state index contributed by atoms with van der Waals surface area (Å²) in [5.41, 5.74) is 4.09. The molecule has 0 spiro atoms. The van der Waals surface area contributed by atoms with Crippen molar-refractivity contribution < 1.29 is 0 Å². The normalized spacial score (nSPS) is 16.2. The number of aryl methyl sites for hydroxylation is 3. The summed E-state index contributed by atoms with van der Waals surface area (Å²) in [6, 6.07) is 4.39. The Morgan fingerprint density at radius 3 is 2.62 bits per heavy atom. The van der Waals surface area contributed by atoms with Crippen molar-refractivity contribution in [2.45, 2.75) is 38.6 Å². The van der Waals surface area contributed by atoms with Gasteiger partial charge in [0.1, 0.15) is 5.82 Å². The molecule has 0 N–H and O–H groups in total. The van der Waals surface area contributed by atoms with E-state index in [1.54, 1.807) is 23.7 Å². The van der Waals surface area contributed by atoms with E-state index in [9.17, 15) is 0 Å². The molecule has 0 amide bonds. The van der Waals surface area contributed by atoms with Gasteiger partial charge in [-0.3, -0.25) is 4.98 Å². The molecular formula is C19H24N6S. The molecule has 1 aliphatic rings. The van der Waals surface area contributed by atoms with Crippen molar-refractivity contribution in [3.63, 3.8) is 0 Å². The van der Waals surface area contributed by atoms with E-state index in [0.717, 1.165) is 61.7 Å². The lowest BCUT2D eigenvalue weighted by atomic mass is 10.1. The van der Waals surface area contributed by atoms with E-state index in [0.29, 0.717) is 6.04 Å². The second kappa shape index (κ2) is 7.63. The number of thiazole rings is 1. The summed E-state index contributed by atoms with van der Waals surface area (Å²) in [5, 5.41) is 4.90. The van der Waals surface area contributed by atoms with Crippen LogP contribution in [0.4, 0.5) is 0 Å². The summed E-state index contributed by atoms with van der Waals surface area (Å²) in [7, 11) is 2.19. The largest absolute Gasteiger partial charge is 0.306 e. The summed E-state index contributed by atoms with van der Waals surface area (Å²) in [6.07, 6.45) is 7.72. The van der Waals surface area contributed by atoms with Gasteiger partial charge >= 0.3 is 0 Å². The third-order valence-electron chi connectivity index (χ3n) is 5.09. The second-order valence-electron chi connectivity index (χ2n) is 6.93. The standard InChI is InChI=1S/C19H24N6S/c1-14-17(26-13-21-14)3-4-18-22-19(15-5-9-20-10-6-15)23-25(18)16-7-11-24(2)12-8-16/h5-6,9-10,13,16H,3-4,7-8,11-12H2,1-2H3. The zero-order valence-electron chi connectivity index (χ0n) is 15.3. The van der Waals surface area contributed by atoms with Gasteiger partial charge in [0, 0.05) is 29.3 Å². The SMILES string of the molecule is Cc1ncsc1CCc1nc(-c2ccncc2)nn1C1CCN(C)CC1. The number of hydrogen-bond donors (Lipinski definition) is 0. The first-order chi connectivity index (χ1) is 12.7. The van der Waals surface area contributed by atoms with Gasteiger partial charge in [0.05, 0.1) is 17.2 Å². The maximum Gasteiger partial charge on any atom is 0.181 e. The highest BCUT2D eigenvalue weighted by molar-refractivity contribution is 7.09. The summed E-state index contributed by atoms with van der Waals surface area (Å²) in [6.45, 7) is 4.31. The molecule has 0 bridgehead atoms. The molecule has 3 aromatic rings. The van der Waals surface area contributed by atoms with Crippen molar-refractivity contribution in [1.29, 1.82) is 0 Å². The first kappa shape index (κ1) is 17.3. The molecule has 7 heteroatoms. The van der Waals surface area contributed by atoms with Gasteiger partial charge < -0.3 is 4.90 Å². The number of aromatic nitrogens is 5. The summed E-state index contributed by atoms with van der Waals surface area (Å²) in [4.78, 5) is 17.1. The molecule has 1 aliphatic heterocycles. The van der Waals surface area contributed by atoms with Crippen LogP contribution in [-0.4, -0.2) is 49.8 Å². The third-order valence-corrected chi connectivity index (χ3v) is 6.09. The van der Waals surface area contributed by atoms with Crippen molar-refractivity contribution in [3.8, 4) is 11.4 Å². The van der Waals surface area contributed by atoms with Crippen molar-refractivity contribution in [2.24, 2.45) is 0 Å². The molecule has 0 radical (unpaired) electrons. The molecule has 1 saturated heterocycles. The smallest absolute Gasteiger partial charge is 0.181 e. The van der Waals surface area contributed by atoms with Gasteiger partial charge in [-0.05, 0) is 58.5 Å². The molecule has 4 heterocycles. The van der Waals surface area contributed by atoms with Crippen LogP contribution in [0.3, 0.4) is 0 Å². The maximum absolute atomic E-state index is 4.90. The Bertz CT molecular complexity index is 848. The minimum atomic E-state index is 0.437. The van der Waals surface area contributed by atoms with E-state index < -0.39 is 0 Å². The van der Waals surface area contributed by atoms with Crippen LogP contribution in [-0.2, 0) is 12.8 Å². The molecule has 4 rings (SSSR count). The Morgan fingerprint density at radius 2 is 1.92 bits per heavy atom. The number of likely N-dealkylation sites (tertiary alicyclic amines) is 1. The molecule has 0 unspecified atom stereocenters. The van der Waals surface area contributed by atoms with Gasteiger partial charge in [0.15, 0.2) is 5.82 Å². The van der Waals surface area contributed by atoms with Crippen LogP contribution in [0.25, 0.3) is 11.4 Å². The van der Waals surface area contributed by atoms with E-state index in [-0.39, 0.29) is 0 Å². The van der Waals surface area contributed by atoms with Gasteiger partial charge in [0.2, 0.25) is 0 Å². The molecule has 6 nitrogen and oxygen atoms in total. The Morgan fingerprint density at radius 1 is 1.15 bits per heavy atom. The number of hydrogen-bond acceptors (Lipinski definition) is 6. The van der Waals surface area contributed by atoms with Crippen LogP contribution >= 0.6 is 11.3 Å². The van der Waals surface area contributed by atoms with Crippen LogP contribution in [0.2, 0.25) is 0 Å². The van der Waals surface area contributed by atoms with Crippen LogP contribution in [0.15, 0.2) is 30.0 Å². The number of piperidine rings is 1. The van der Waals surface area contributed by atoms with E-state index in [4.69, 9.17) is 10.1 Å². The Hall–Kier alpha value is -2.12. The first-order valence-electron chi connectivity index (χ1n) is 9.14. The van der Waals surface area contributed by atoms with Gasteiger partial charge in [-0.15, -0.1) is 11.3 Å². The Kier molecular flexibility index (Phi) is 5.08. The third kappa shape index (κ3) is 3.68. The molecule has 3 aromatic heterocycles. The Labute approximate surface area is 157 Å².